The van der Waals surface area contributed by atoms with Crippen molar-refractivity contribution in [3.8, 4) is 0 Å². The maximum absolute atomic E-state index is 15.8. The Morgan fingerprint density at radius 3 is 1.32 bits per heavy atom. The van der Waals surface area contributed by atoms with Crippen LogP contribution >= 0.6 is 0 Å². The van der Waals surface area contributed by atoms with E-state index in [1.165, 1.54) is 44.5 Å². The number of amidine groups is 1. The normalized spacial score (nSPS) is 18.7. The van der Waals surface area contributed by atoms with E-state index in [0.717, 1.165) is 43.6 Å². The van der Waals surface area contributed by atoms with Crippen molar-refractivity contribution in [1.29, 1.82) is 0 Å². The molecule has 0 saturated heterocycles. The zero-order valence-electron chi connectivity index (χ0n) is 29.8. The highest BCUT2D eigenvalue weighted by atomic mass is 19.1. The van der Waals surface area contributed by atoms with Gasteiger partial charge in [0.15, 0.2) is 0 Å². The van der Waals surface area contributed by atoms with Gasteiger partial charge >= 0.3 is 0 Å². The number of aromatic nitrogens is 2. The van der Waals surface area contributed by atoms with Crippen molar-refractivity contribution in [2.24, 2.45) is 25.9 Å². The lowest BCUT2D eigenvalue weighted by Gasteiger charge is -2.18. The summed E-state index contributed by atoms with van der Waals surface area (Å²) in [5.41, 5.74) is 15.1. The fraction of sp³-hybridized carbons (Fsp3) is 0.256. The SMILES string of the molecule is Cc1cc2c3cc(C)c(C)cc3n(C3=NC4=CC(F)=C/C5=N/C(n6c7cc(C)c(C)cc7c7cc(C)c(C)cc76)=NC(=N3)CC4C5)c2cc1C. The predicted octanol–water partition coefficient (Wildman–Crippen LogP) is 10.5. The molecule has 0 saturated carbocycles. The van der Waals surface area contributed by atoms with Crippen molar-refractivity contribution < 1.29 is 4.39 Å². The number of allylic oxidation sites excluding steroid dienone is 4. The lowest BCUT2D eigenvalue weighted by molar-refractivity contribution is 0.646. The summed E-state index contributed by atoms with van der Waals surface area (Å²) in [7, 11) is 0. The average Bonchev–Trinajstić information content (AvgIpc) is 3.33. The van der Waals surface area contributed by atoms with E-state index >= 15 is 4.39 Å². The van der Waals surface area contributed by atoms with Gasteiger partial charge in [0.1, 0.15) is 11.7 Å². The fourth-order valence-electron chi connectivity index (χ4n) is 7.81. The molecule has 7 heteroatoms. The Morgan fingerprint density at radius 1 is 0.480 bits per heavy atom. The highest BCUT2D eigenvalue weighted by Crippen LogP contribution is 2.38. The maximum atomic E-state index is 15.8. The molecule has 9 rings (SSSR count). The zero-order valence-corrected chi connectivity index (χ0v) is 29.8. The topological polar surface area (TPSA) is 59.3 Å². The number of rotatable bonds is 0. The molecule has 3 aliphatic rings. The molecule has 0 radical (unpaired) electrons. The Labute approximate surface area is 290 Å². The number of aliphatic imine (C=N–C) groups is 4. The molecule has 248 valence electrons. The van der Waals surface area contributed by atoms with Crippen LogP contribution in [0, 0.1) is 61.3 Å². The second-order valence-electron chi connectivity index (χ2n) is 14.6. The third kappa shape index (κ3) is 4.59. The van der Waals surface area contributed by atoms with Crippen molar-refractivity contribution >= 4 is 67.1 Å². The number of halogens is 1. The Kier molecular flexibility index (Phi) is 6.60. The molecular weight excluding hydrogens is 620 g/mol. The molecule has 1 atom stereocenters. The third-order valence-electron chi connectivity index (χ3n) is 11.2. The highest BCUT2D eigenvalue weighted by Gasteiger charge is 2.30. The van der Waals surface area contributed by atoms with Gasteiger partial charge in [0, 0.05) is 39.6 Å². The van der Waals surface area contributed by atoms with Crippen molar-refractivity contribution in [1.82, 2.24) is 9.13 Å². The average molecular weight is 659 g/mol. The molecule has 0 amide bonds. The Bertz CT molecular complexity index is 2470. The summed E-state index contributed by atoms with van der Waals surface area (Å²) >= 11 is 0. The molecule has 4 aromatic carbocycles. The molecule has 6 nitrogen and oxygen atoms in total. The molecule has 3 bridgehead atoms. The van der Waals surface area contributed by atoms with Crippen LogP contribution in [0.2, 0.25) is 0 Å². The van der Waals surface area contributed by atoms with Crippen LogP contribution in [-0.4, -0.2) is 32.6 Å². The molecule has 0 N–H and O–H groups in total. The van der Waals surface area contributed by atoms with Crippen LogP contribution in [0.25, 0.3) is 43.6 Å². The predicted molar refractivity (Wildman–Crippen MR) is 207 cm³/mol. The second kappa shape index (κ2) is 10.8. The summed E-state index contributed by atoms with van der Waals surface area (Å²) in [5, 5.41) is 4.58. The maximum Gasteiger partial charge on any atom is 0.236 e. The van der Waals surface area contributed by atoms with E-state index in [1.54, 1.807) is 12.2 Å². The smallest absolute Gasteiger partial charge is 0.236 e. The van der Waals surface area contributed by atoms with Crippen LogP contribution in [0.4, 0.5) is 4.39 Å². The fourth-order valence-corrected chi connectivity index (χ4v) is 7.81. The largest absolute Gasteiger partial charge is 0.278 e. The molecular formula is C43H39FN6. The van der Waals surface area contributed by atoms with Gasteiger partial charge < -0.3 is 0 Å². The van der Waals surface area contributed by atoms with Crippen LogP contribution in [-0.2, 0) is 0 Å². The molecule has 6 aromatic rings. The Morgan fingerprint density at radius 2 is 0.880 bits per heavy atom. The number of hydrogen-bond donors (Lipinski definition) is 0. The zero-order chi connectivity index (χ0) is 34.7. The lowest BCUT2D eigenvalue weighted by Crippen LogP contribution is -2.21. The molecule has 1 aliphatic carbocycles. The van der Waals surface area contributed by atoms with Crippen LogP contribution in [0.15, 0.2) is 92.2 Å². The summed E-state index contributed by atoms with van der Waals surface area (Å²) in [6.07, 6.45) is 4.16. The van der Waals surface area contributed by atoms with E-state index < -0.39 is 0 Å². The lowest BCUT2D eigenvalue weighted by atomic mass is 9.95. The first kappa shape index (κ1) is 30.6. The minimum Gasteiger partial charge on any atom is -0.278 e. The van der Waals surface area contributed by atoms with E-state index in [-0.39, 0.29) is 11.7 Å². The number of benzene rings is 4. The second-order valence-corrected chi connectivity index (χ2v) is 14.6. The van der Waals surface area contributed by atoms with Crippen molar-refractivity contribution in [3.05, 3.63) is 117 Å². The molecule has 0 fully saturated rings. The van der Waals surface area contributed by atoms with Crippen LogP contribution in [0.3, 0.4) is 0 Å². The monoisotopic (exact) mass is 658 g/mol. The molecule has 2 aliphatic heterocycles. The van der Waals surface area contributed by atoms with Gasteiger partial charge in [-0.25, -0.2) is 14.4 Å². The number of hydrogen-bond acceptors (Lipinski definition) is 4. The molecule has 4 heterocycles. The van der Waals surface area contributed by atoms with E-state index in [9.17, 15) is 0 Å². The summed E-state index contributed by atoms with van der Waals surface area (Å²) in [4.78, 5) is 20.9. The van der Waals surface area contributed by atoms with Crippen LogP contribution in [0.5, 0.6) is 0 Å². The van der Waals surface area contributed by atoms with Crippen LogP contribution in [0.1, 0.15) is 57.3 Å². The summed E-state index contributed by atoms with van der Waals surface area (Å²) in [6.45, 7) is 17.1. The van der Waals surface area contributed by atoms with Crippen LogP contribution < -0.4 is 0 Å². The van der Waals surface area contributed by atoms with E-state index in [4.69, 9.17) is 20.0 Å². The summed E-state index contributed by atoms with van der Waals surface area (Å²) in [5.74, 6) is 1.12. The van der Waals surface area contributed by atoms with E-state index in [2.05, 4.69) is 113 Å². The van der Waals surface area contributed by atoms with Gasteiger partial charge in [-0.15, -0.1) is 0 Å². The molecule has 50 heavy (non-hydrogen) atoms. The van der Waals surface area contributed by atoms with Gasteiger partial charge in [-0.05, 0) is 167 Å². The quantitative estimate of drug-likeness (QED) is 0.156. The first-order valence-corrected chi connectivity index (χ1v) is 17.4. The molecule has 0 spiro atoms. The first-order chi connectivity index (χ1) is 23.9. The van der Waals surface area contributed by atoms with Gasteiger partial charge in [-0.1, -0.05) is 0 Å². The van der Waals surface area contributed by atoms with Gasteiger partial charge in [0.2, 0.25) is 11.9 Å². The van der Waals surface area contributed by atoms with Gasteiger partial charge in [-0.3, -0.25) is 9.13 Å². The highest BCUT2D eigenvalue weighted by molar-refractivity contribution is 6.20. The summed E-state index contributed by atoms with van der Waals surface area (Å²) < 4.78 is 20.1. The van der Waals surface area contributed by atoms with Gasteiger partial charge in [0.25, 0.3) is 0 Å². The number of nitrogens with zero attached hydrogens (tertiary/aromatic N) is 6. The van der Waals surface area contributed by atoms with Crippen molar-refractivity contribution in [3.63, 3.8) is 0 Å². The van der Waals surface area contributed by atoms with E-state index in [0.29, 0.717) is 42.0 Å². The molecule has 1 unspecified atom stereocenters. The number of fused-ring (bicyclic) bond motifs is 8. The Balaban J connectivity index is 1.37. The van der Waals surface area contributed by atoms with Crippen molar-refractivity contribution in [2.45, 2.75) is 68.2 Å². The third-order valence-corrected chi connectivity index (χ3v) is 11.2. The minimum absolute atomic E-state index is 0.117. The number of aryl methyl sites for hydroxylation is 8. The Hall–Kier alpha value is -5.43. The standard InChI is InChI=1S/C43H39FN6/c1-21-9-32-33-10-22(2)26(6)14-38(33)49(37(32)13-25(21)5)42-45-31-17-29-18-41(47-42)48-43(46-36(29)20-30(44)19-31)50-39-15-27(7)23(3)11-34(39)35-12-24(4)28(8)16-40(35)50/h9-16,19-20,29H,17-18H2,1-8H3/b45-31+,45-42?,47-41?,47-42?. The van der Waals surface area contributed by atoms with E-state index in [1.807, 2.05) is 0 Å². The van der Waals surface area contributed by atoms with Gasteiger partial charge in [-0.2, -0.15) is 9.98 Å². The minimum atomic E-state index is -0.366. The molecule has 2 aromatic heterocycles. The van der Waals surface area contributed by atoms with Crippen molar-refractivity contribution in [2.75, 3.05) is 0 Å². The van der Waals surface area contributed by atoms with Gasteiger partial charge in [0.05, 0.1) is 27.8 Å². The first-order valence-electron chi connectivity index (χ1n) is 17.4. The summed E-state index contributed by atoms with van der Waals surface area (Å²) in [6, 6.07) is 17.9.